The summed E-state index contributed by atoms with van der Waals surface area (Å²) in [6.07, 6.45) is 0.115. The number of hydrogen-bond donors (Lipinski definition) is 0. The standard InChI is InChI=1S/C18H12F2O/c19-15-8-14(9-16(20)11-15)18(21)10-13-6-3-5-12-4-1-2-7-17(12)13/h1-9,11H,10H2. The molecule has 3 heteroatoms. The van der Waals surface area contributed by atoms with Gasteiger partial charge in [0.1, 0.15) is 11.6 Å². The SMILES string of the molecule is O=C(Cc1cccc2ccccc12)c1cc(F)cc(F)c1. The second-order valence-corrected chi connectivity index (χ2v) is 4.90. The minimum atomic E-state index is -0.740. The van der Waals surface area contributed by atoms with Gasteiger partial charge in [0.05, 0.1) is 0 Å². The van der Waals surface area contributed by atoms with E-state index in [1.165, 1.54) is 0 Å². The van der Waals surface area contributed by atoms with Gasteiger partial charge in [0.25, 0.3) is 0 Å². The van der Waals surface area contributed by atoms with E-state index < -0.39 is 11.6 Å². The first-order valence-corrected chi connectivity index (χ1v) is 6.59. The van der Waals surface area contributed by atoms with Crippen LogP contribution in [0.1, 0.15) is 15.9 Å². The predicted octanol–water partition coefficient (Wildman–Crippen LogP) is 4.54. The molecule has 1 nitrogen and oxygen atoms in total. The molecule has 0 saturated carbocycles. The van der Waals surface area contributed by atoms with Crippen molar-refractivity contribution in [2.75, 3.05) is 0 Å². The number of carbonyl (C=O) groups is 1. The zero-order valence-corrected chi connectivity index (χ0v) is 11.1. The maximum absolute atomic E-state index is 13.2. The van der Waals surface area contributed by atoms with Crippen LogP contribution in [0, 0.1) is 11.6 Å². The average Bonchev–Trinajstić information content (AvgIpc) is 2.46. The molecule has 0 aliphatic rings. The Morgan fingerprint density at radius 3 is 2.29 bits per heavy atom. The van der Waals surface area contributed by atoms with Crippen molar-refractivity contribution in [2.24, 2.45) is 0 Å². The van der Waals surface area contributed by atoms with Gasteiger partial charge in [-0.3, -0.25) is 4.79 Å². The first-order chi connectivity index (χ1) is 10.1. The van der Waals surface area contributed by atoms with E-state index in [0.29, 0.717) is 0 Å². The van der Waals surface area contributed by atoms with Gasteiger partial charge in [-0.05, 0) is 28.5 Å². The Labute approximate surface area is 120 Å². The minimum Gasteiger partial charge on any atom is -0.294 e. The number of halogens is 2. The van der Waals surface area contributed by atoms with Gasteiger partial charge in [0.2, 0.25) is 0 Å². The summed E-state index contributed by atoms with van der Waals surface area (Å²) in [5.74, 6) is -1.78. The van der Waals surface area contributed by atoms with Gasteiger partial charge in [-0.1, -0.05) is 42.5 Å². The Kier molecular flexibility index (Phi) is 3.48. The van der Waals surface area contributed by atoms with Crippen molar-refractivity contribution < 1.29 is 13.6 Å². The molecule has 0 saturated heterocycles. The number of hydrogen-bond acceptors (Lipinski definition) is 1. The van der Waals surface area contributed by atoms with E-state index in [1.807, 2.05) is 42.5 Å². The topological polar surface area (TPSA) is 17.1 Å². The van der Waals surface area contributed by atoms with Gasteiger partial charge in [-0.25, -0.2) is 8.78 Å². The Morgan fingerprint density at radius 1 is 0.857 bits per heavy atom. The predicted molar refractivity (Wildman–Crippen MR) is 78.3 cm³/mol. The van der Waals surface area contributed by atoms with E-state index in [9.17, 15) is 13.6 Å². The van der Waals surface area contributed by atoms with E-state index in [1.54, 1.807) is 0 Å². The maximum atomic E-state index is 13.2. The molecule has 3 rings (SSSR count). The lowest BCUT2D eigenvalue weighted by Crippen LogP contribution is -2.05. The molecule has 0 atom stereocenters. The van der Waals surface area contributed by atoms with Crippen LogP contribution in [0.15, 0.2) is 60.7 Å². The first kappa shape index (κ1) is 13.4. The highest BCUT2D eigenvalue weighted by atomic mass is 19.1. The van der Waals surface area contributed by atoms with Crippen LogP contribution in [0.3, 0.4) is 0 Å². The number of Topliss-reactive ketones (excluding diaryl/α,β-unsaturated/α-hetero) is 1. The highest BCUT2D eigenvalue weighted by Crippen LogP contribution is 2.20. The number of ketones is 1. The minimum absolute atomic E-state index is 0.0560. The molecule has 0 heterocycles. The smallest absolute Gasteiger partial charge is 0.167 e. The van der Waals surface area contributed by atoms with Crippen LogP contribution in [0.4, 0.5) is 8.78 Å². The van der Waals surface area contributed by atoms with E-state index in [0.717, 1.165) is 34.5 Å². The second-order valence-electron chi connectivity index (χ2n) is 4.90. The third-order valence-electron chi connectivity index (χ3n) is 3.42. The number of carbonyl (C=O) groups excluding carboxylic acids is 1. The Balaban J connectivity index is 1.96. The molecule has 104 valence electrons. The van der Waals surface area contributed by atoms with Crippen molar-refractivity contribution in [1.82, 2.24) is 0 Å². The van der Waals surface area contributed by atoms with Crippen LogP contribution in [-0.4, -0.2) is 5.78 Å². The van der Waals surface area contributed by atoms with E-state index >= 15 is 0 Å². The summed E-state index contributed by atoms with van der Waals surface area (Å²) in [5, 5.41) is 2.01. The van der Waals surface area contributed by atoms with Crippen molar-refractivity contribution >= 4 is 16.6 Å². The fourth-order valence-corrected chi connectivity index (χ4v) is 2.44. The van der Waals surface area contributed by atoms with Crippen LogP contribution >= 0.6 is 0 Å². The molecule has 0 radical (unpaired) electrons. The third kappa shape index (κ3) is 2.82. The fraction of sp³-hybridized carbons (Fsp3) is 0.0556. The van der Waals surface area contributed by atoms with Crippen LogP contribution in [-0.2, 0) is 6.42 Å². The summed E-state index contributed by atoms with van der Waals surface area (Å²) >= 11 is 0. The summed E-state index contributed by atoms with van der Waals surface area (Å²) < 4.78 is 26.4. The lowest BCUT2D eigenvalue weighted by Gasteiger charge is -2.06. The molecule has 0 aliphatic carbocycles. The molecular formula is C18H12F2O. The van der Waals surface area contributed by atoms with Gasteiger partial charge < -0.3 is 0 Å². The maximum Gasteiger partial charge on any atom is 0.167 e. The highest BCUT2D eigenvalue weighted by Gasteiger charge is 2.11. The lowest BCUT2D eigenvalue weighted by molar-refractivity contribution is 0.0992. The summed E-state index contributed by atoms with van der Waals surface area (Å²) in [6.45, 7) is 0. The number of fused-ring (bicyclic) bond motifs is 1. The van der Waals surface area contributed by atoms with Crippen molar-refractivity contribution in [3.63, 3.8) is 0 Å². The van der Waals surface area contributed by atoms with Crippen LogP contribution in [0.25, 0.3) is 10.8 Å². The molecule has 3 aromatic carbocycles. The van der Waals surface area contributed by atoms with Crippen molar-refractivity contribution in [2.45, 2.75) is 6.42 Å². The molecular weight excluding hydrogens is 270 g/mol. The normalized spacial score (nSPS) is 10.8. The van der Waals surface area contributed by atoms with Crippen molar-refractivity contribution in [3.8, 4) is 0 Å². The molecule has 0 bridgehead atoms. The summed E-state index contributed by atoms with van der Waals surface area (Å²) in [4.78, 5) is 12.2. The lowest BCUT2D eigenvalue weighted by atomic mass is 9.97. The molecule has 0 unspecified atom stereocenters. The molecule has 0 aromatic heterocycles. The van der Waals surface area contributed by atoms with Gasteiger partial charge in [-0.15, -0.1) is 0 Å². The summed E-state index contributed by atoms with van der Waals surface area (Å²) in [7, 11) is 0. The van der Waals surface area contributed by atoms with Crippen molar-refractivity contribution in [1.29, 1.82) is 0 Å². The van der Waals surface area contributed by atoms with Gasteiger partial charge in [-0.2, -0.15) is 0 Å². The van der Waals surface area contributed by atoms with Gasteiger partial charge in [0.15, 0.2) is 5.78 Å². The third-order valence-corrected chi connectivity index (χ3v) is 3.42. The van der Waals surface area contributed by atoms with Crippen LogP contribution < -0.4 is 0 Å². The van der Waals surface area contributed by atoms with Crippen LogP contribution in [0.2, 0.25) is 0 Å². The molecule has 21 heavy (non-hydrogen) atoms. The molecule has 0 spiro atoms. The fourth-order valence-electron chi connectivity index (χ4n) is 2.44. The summed E-state index contributed by atoms with van der Waals surface area (Å²) in [6, 6.07) is 16.3. The molecule has 0 N–H and O–H groups in total. The Morgan fingerprint density at radius 2 is 1.52 bits per heavy atom. The molecule has 0 amide bonds. The number of rotatable bonds is 3. The zero-order valence-electron chi connectivity index (χ0n) is 11.1. The molecule has 0 aliphatic heterocycles. The quantitative estimate of drug-likeness (QED) is 0.644. The van der Waals surface area contributed by atoms with Crippen LogP contribution in [0.5, 0.6) is 0 Å². The van der Waals surface area contributed by atoms with Gasteiger partial charge >= 0.3 is 0 Å². The highest BCUT2D eigenvalue weighted by molar-refractivity contribution is 6.00. The molecule has 3 aromatic rings. The van der Waals surface area contributed by atoms with Crippen molar-refractivity contribution in [3.05, 3.63) is 83.4 Å². The Bertz CT molecular complexity index is 799. The first-order valence-electron chi connectivity index (χ1n) is 6.59. The van der Waals surface area contributed by atoms with Gasteiger partial charge in [0, 0.05) is 18.1 Å². The average molecular weight is 282 g/mol. The second kappa shape index (κ2) is 5.44. The summed E-state index contributed by atoms with van der Waals surface area (Å²) in [5.41, 5.74) is 0.906. The number of benzene rings is 3. The van der Waals surface area contributed by atoms with E-state index in [2.05, 4.69) is 0 Å². The largest absolute Gasteiger partial charge is 0.294 e. The zero-order chi connectivity index (χ0) is 14.8. The van der Waals surface area contributed by atoms with E-state index in [4.69, 9.17) is 0 Å². The Hall–Kier alpha value is -2.55. The van der Waals surface area contributed by atoms with E-state index in [-0.39, 0.29) is 17.8 Å². The molecule has 0 fully saturated rings. The monoisotopic (exact) mass is 282 g/mol.